The van der Waals surface area contributed by atoms with Gasteiger partial charge in [-0.25, -0.2) is 0 Å². The van der Waals surface area contributed by atoms with E-state index in [0.29, 0.717) is 17.4 Å². The van der Waals surface area contributed by atoms with Gasteiger partial charge >= 0.3 is 0 Å². The SMILES string of the molecule is CC(C)c1ccc(CN2C(=O)S/C(=C\c3ccc(N(C)C)cc3)C2=O)cc1. The number of anilines is 1. The first kappa shape index (κ1) is 19.2. The molecule has 2 aromatic carbocycles. The van der Waals surface area contributed by atoms with E-state index in [-0.39, 0.29) is 11.1 Å². The van der Waals surface area contributed by atoms with E-state index in [4.69, 9.17) is 0 Å². The Morgan fingerprint density at radius 1 is 1.00 bits per heavy atom. The van der Waals surface area contributed by atoms with Crippen molar-refractivity contribution in [3.8, 4) is 0 Å². The minimum atomic E-state index is -0.227. The molecule has 140 valence electrons. The van der Waals surface area contributed by atoms with Crippen LogP contribution in [0.15, 0.2) is 53.4 Å². The number of amides is 2. The van der Waals surface area contributed by atoms with Crippen LogP contribution >= 0.6 is 11.8 Å². The highest BCUT2D eigenvalue weighted by molar-refractivity contribution is 8.18. The van der Waals surface area contributed by atoms with E-state index in [1.165, 1.54) is 10.5 Å². The van der Waals surface area contributed by atoms with Gasteiger partial charge in [0.1, 0.15) is 0 Å². The van der Waals surface area contributed by atoms with Crippen LogP contribution in [0.1, 0.15) is 36.5 Å². The molecule has 1 fully saturated rings. The van der Waals surface area contributed by atoms with E-state index in [1.54, 1.807) is 6.08 Å². The van der Waals surface area contributed by atoms with Gasteiger partial charge in [0, 0.05) is 19.8 Å². The largest absolute Gasteiger partial charge is 0.378 e. The van der Waals surface area contributed by atoms with Crippen LogP contribution in [0.4, 0.5) is 10.5 Å². The maximum absolute atomic E-state index is 12.7. The Kier molecular flexibility index (Phi) is 5.71. The second-order valence-electron chi connectivity index (χ2n) is 7.15. The van der Waals surface area contributed by atoms with Crippen LogP contribution in [0.25, 0.3) is 6.08 Å². The highest BCUT2D eigenvalue weighted by Gasteiger charge is 2.34. The van der Waals surface area contributed by atoms with Crippen molar-refractivity contribution >= 4 is 34.7 Å². The monoisotopic (exact) mass is 380 g/mol. The van der Waals surface area contributed by atoms with Crippen LogP contribution in [0.2, 0.25) is 0 Å². The third-order valence-corrected chi connectivity index (χ3v) is 5.48. The molecule has 27 heavy (non-hydrogen) atoms. The fourth-order valence-electron chi connectivity index (χ4n) is 2.85. The first-order chi connectivity index (χ1) is 12.8. The molecule has 0 bridgehead atoms. The number of rotatable bonds is 5. The molecule has 1 saturated heterocycles. The zero-order valence-corrected chi connectivity index (χ0v) is 16.9. The molecule has 0 unspecified atom stereocenters. The lowest BCUT2D eigenvalue weighted by atomic mass is 10.0. The van der Waals surface area contributed by atoms with Crippen molar-refractivity contribution in [3.05, 3.63) is 70.1 Å². The molecule has 1 heterocycles. The second kappa shape index (κ2) is 8.01. The van der Waals surface area contributed by atoms with Gasteiger partial charge in [-0.15, -0.1) is 0 Å². The van der Waals surface area contributed by atoms with E-state index < -0.39 is 0 Å². The number of carbonyl (C=O) groups excluding carboxylic acids is 2. The fourth-order valence-corrected chi connectivity index (χ4v) is 3.69. The second-order valence-corrected chi connectivity index (χ2v) is 8.14. The van der Waals surface area contributed by atoms with Crippen molar-refractivity contribution in [1.82, 2.24) is 4.90 Å². The summed E-state index contributed by atoms with van der Waals surface area (Å²) < 4.78 is 0. The van der Waals surface area contributed by atoms with Crippen LogP contribution in [-0.2, 0) is 11.3 Å². The lowest BCUT2D eigenvalue weighted by Crippen LogP contribution is -2.27. The molecule has 0 atom stereocenters. The first-order valence-electron chi connectivity index (χ1n) is 8.96. The molecule has 0 saturated carbocycles. The van der Waals surface area contributed by atoms with E-state index in [1.807, 2.05) is 55.4 Å². The molecule has 2 amide bonds. The maximum atomic E-state index is 12.7. The molecule has 3 rings (SSSR count). The number of imide groups is 1. The Labute approximate surface area is 164 Å². The van der Waals surface area contributed by atoms with Gasteiger partial charge in [0.25, 0.3) is 11.1 Å². The summed E-state index contributed by atoms with van der Waals surface area (Å²) in [4.78, 5) is 28.8. The van der Waals surface area contributed by atoms with Crippen molar-refractivity contribution in [1.29, 1.82) is 0 Å². The van der Waals surface area contributed by atoms with Crippen molar-refractivity contribution in [2.24, 2.45) is 0 Å². The third-order valence-electron chi connectivity index (χ3n) is 4.57. The van der Waals surface area contributed by atoms with Gasteiger partial charge in [0.05, 0.1) is 11.4 Å². The molecule has 0 N–H and O–H groups in total. The molecule has 0 radical (unpaired) electrons. The smallest absolute Gasteiger partial charge is 0.293 e. The Bertz CT molecular complexity index is 868. The topological polar surface area (TPSA) is 40.6 Å². The highest BCUT2D eigenvalue weighted by Crippen LogP contribution is 2.33. The maximum Gasteiger partial charge on any atom is 0.293 e. The molecule has 0 aromatic heterocycles. The summed E-state index contributed by atoms with van der Waals surface area (Å²) in [6.07, 6.45) is 1.78. The van der Waals surface area contributed by atoms with Crippen molar-refractivity contribution in [2.45, 2.75) is 26.3 Å². The van der Waals surface area contributed by atoms with Gasteiger partial charge in [0.2, 0.25) is 0 Å². The number of thioether (sulfide) groups is 1. The van der Waals surface area contributed by atoms with E-state index in [2.05, 4.69) is 26.0 Å². The summed E-state index contributed by atoms with van der Waals surface area (Å²) in [6.45, 7) is 4.59. The molecule has 1 aliphatic heterocycles. The minimum Gasteiger partial charge on any atom is -0.378 e. The fraction of sp³-hybridized carbons (Fsp3) is 0.273. The van der Waals surface area contributed by atoms with Crippen LogP contribution in [-0.4, -0.2) is 30.1 Å². The minimum absolute atomic E-state index is 0.218. The lowest BCUT2D eigenvalue weighted by Gasteiger charge is -2.13. The average Bonchev–Trinajstić information content (AvgIpc) is 2.90. The molecule has 0 aliphatic carbocycles. The molecule has 0 spiro atoms. The van der Waals surface area contributed by atoms with Gasteiger partial charge < -0.3 is 4.90 Å². The number of hydrogen-bond donors (Lipinski definition) is 0. The van der Waals surface area contributed by atoms with Gasteiger partial charge in [-0.3, -0.25) is 14.5 Å². The van der Waals surface area contributed by atoms with Gasteiger partial charge in [0.15, 0.2) is 0 Å². The Morgan fingerprint density at radius 2 is 1.63 bits per heavy atom. The zero-order valence-electron chi connectivity index (χ0n) is 16.1. The van der Waals surface area contributed by atoms with Crippen molar-refractivity contribution in [3.63, 3.8) is 0 Å². The van der Waals surface area contributed by atoms with Gasteiger partial charge in [-0.1, -0.05) is 50.2 Å². The van der Waals surface area contributed by atoms with Crippen LogP contribution in [0.3, 0.4) is 0 Å². The van der Waals surface area contributed by atoms with E-state index in [0.717, 1.165) is 28.6 Å². The molecule has 5 heteroatoms. The van der Waals surface area contributed by atoms with Gasteiger partial charge in [-0.2, -0.15) is 0 Å². The Hall–Kier alpha value is -2.53. The summed E-state index contributed by atoms with van der Waals surface area (Å²) in [5.41, 5.74) is 4.20. The molecular weight excluding hydrogens is 356 g/mol. The quantitative estimate of drug-likeness (QED) is 0.676. The van der Waals surface area contributed by atoms with Crippen molar-refractivity contribution < 1.29 is 9.59 Å². The molecule has 2 aromatic rings. The average molecular weight is 381 g/mol. The number of nitrogens with zero attached hydrogens (tertiary/aromatic N) is 2. The predicted molar refractivity (Wildman–Crippen MR) is 113 cm³/mol. The van der Waals surface area contributed by atoms with Crippen LogP contribution in [0, 0.1) is 0 Å². The van der Waals surface area contributed by atoms with Crippen LogP contribution < -0.4 is 4.90 Å². The summed E-state index contributed by atoms with van der Waals surface area (Å²) in [6, 6.07) is 16.0. The molecule has 4 nitrogen and oxygen atoms in total. The summed E-state index contributed by atoms with van der Waals surface area (Å²) in [5, 5.41) is -0.218. The predicted octanol–water partition coefficient (Wildman–Crippen LogP) is 5.11. The first-order valence-corrected chi connectivity index (χ1v) is 9.78. The van der Waals surface area contributed by atoms with Gasteiger partial charge in [-0.05, 0) is 52.6 Å². The number of hydrogen-bond acceptors (Lipinski definition) is 4. The Balaban J connectivity index is 1.74. The lowest BCUT2D eigenvalue weighted by molar-refractivity contribution is -0.123. The van der Waals surface area contributed by atoms with E-state index >= 15 is 0 Å². The number of benzene rings is 2. The van der Waals surface area contributed by atoms with Crippen LogP contribution in [0.5, 0.6) is 0 Å². The summed E-state index contributed by atoms with van der Waals surface area (Å²) >= 11 is 1.00. The highest BCUT2D eigenvalue weighted by atomic mass is 32.2. The third kappa shape index (κ3) is 4.42. The van der Waals surface area contributed by atoms with E-state index in [9.17, 15) is 9.59 Å². The Morgan fingerprint density at radius 3 is 2.19 bits per heavy atom. The van der Waals surface area contributed by atoms with Crippen molar-refractivity contribution in [2.75, 3.05) is 19.0 Å². The summed E-state index contributed by atoms with van der Waals surface area (Å²) in [5.74, 6) is 0.229. The molecule has 1 aliphatic rings. The summed E-state index contributed by atoms with van der Waals surface area (Å²) in [7, 11) is 3.96. The zero-order chi connectivity index (χ0) is 19.6. The number of carbonyl (C=O) groups is 2. The molecular formula is C22H24N2O2S. The standard InChI is InChI=1S/C22H24N2O2S/c1-15(2)18-9-5-17(6-10-18)14-24-21(25)20(27-22(24)26)13-16-7-11-19(12-8-16)23(3)4/h5-13,15H,14H2,1-4H3/b20-13-. The normalized spacial score (nSPS) is 15.9.